The van der Waals surface area contributed by atoms with Gasteiger partial charge < -0.3 is 19.1 Å². The second-order valence-corrected chi connectivity index (χ2v) is 8.43. The number of benzene rings is 3. The number of halogens is 1. The second-order valence-electron chi connectivity index (χ2n) is 8.03. The molecule has 1 atom stereocenters. The number of nitrogens with zero attached hydrogens (tertiary/aromatic N) is 1. The van der Waals surface area contributed by atoms with Crippen molar-refractivity contribution in [3.8, 4) is 17.2 Å². The molecule has 0 bridgehead atoms. The summed E-state index contributed by atoms with van der Waals surface area (Å²) in [5.41, 5.74) is 4.33. The Balaban J connectivity index is 1.63. The van der Waals surface area contributed by atoms with Crippen LogP contribution in [0.3, 0.4) is 0 Å². The molecule has 0 saturated carbocycles. The van der Waals surface area contributed by atoms with Gasteiger partial charge in [-0.15, -0.1) is 0 Å². The number of fused-ring (bicyclic) bond motifs is 1. The van der Waals surface area contributed by atoms with Crippen LogP contribution in [-0.4, -0.2) is 38.7 Å². The minimum absolute atomic E-state index is 0.108. The zero-order valence-electron chi connectivity index (χ0n) is 19.1. The van der Waals surface area contributed by atoms with Gasteiger partial charge in [-0.05, 0) is 59.4 Å². The summed E-state index contributed by atoms with van der Waals surface area (Å²) in [6.45, 7) is 0.643. The van der Waals surface area contributed by atoms with Gasteiger partial charge >= 0.3 is 0 Å². The van der Waals surface area contributed by atoms with Gasteiger partial charge in [0, 0.05) is 13.0 Å². The summed E-state index contributed by atoms with van der Waals surface area (Å²) in [6, 6.07) is 19.7. The van der Waals surface area contributed by atoms with Crippen molar-refractivity contribution in [1.29, 1.82) is 0 Å². The van der Waals surface area contributed by atoms with E-state index in [0.29, 0.717) is 41.7 Å². The summed E-state index contributed by atoms with van der Waals surface area (Å²) < 4.78 is 16.3. The summed E-state index contributed by atoms with van der Waals surface area (Å²) in [4.78, 5) is 15.4. The SMILES string of the molecule is COc1ccc(CCC(=O)N2CCc3cc(OC)c(OC)cc3C2c2ccccc2)cc1Cl. The van der Waals surface area contributed by atoms with Gasteiger partial charge in [-0.3, -0.25) is 4.79 Å². The van der Waals surface area contributed by atoms with Crippen LogP contribution in [0.4, 0.5) is 0 Å². The maximum atomic E-state index is 13.5. The zero-order valence-corrected chi connectivity index (χ0v) is 19.9. The van der Waals surface area contributed by atoms with E-state index in [4.69, 9.17) is 25.8 Å². The van der Waals surface area contributed by atoms with Crippen molar-refractivity contribution in [2.75, 3.05) is 27.9 Å². The van der Waals surface area contributed by atoms with Gasteiger partial charge in [0.05, 0.1) is 32.4 Å². The van der Waals surface area contributed by atoms with Crippen LogP contribution in [0.15, 0.2) is 60.7 Å². The normalized spacial score (nSPS) is 15.0. The van der Waals surface area contributed by atoms with E-state index in [1.54, 1.807) is 21.3 Å². The Morgan fingerprint density at radius 2 is 1.64 bits per heavy atom. The first-order chi connectivity index (χ1) is 16.0. The largest absolute Gasteiger partial charge is 0.495 e. The van der Waals surface area contributed by atoms with Gasteiger partial charge in [0.2, 0.25) is 5.91 Å². The molecule has 4 rings (SSSR count). The maximum absolute atomic E-state index is 13.5. The van der Waals surface area contributed by atoms with Crippen LogP contribution in [0.5, 0.6) is 17.2 Å². The summed E-state index contributed by atoms with van der Waals surface area (Å²) in [5.74, 6) is 2.11. The number of carbonyl (C=O) groups is 1. The molecule has 172 valence electrons. The highest BCUT2D eigenvalue weighted by Gasteiger charge is 2.33. The molecule has 0 N–H and O–H groups in total. The molecule has 1 aliphatic rings. The molecular weight excluding hydrogens is 438 g/mol. The first-order valence-corrected chi connectivity index (χ1v) is 11.3. The van der Waals surface area contributed by atoms with Crippen molar-refractivity contribution in [2.45, 2.75) is 25.3 Å². The lowest BCUT2D eigenvalue weighted by atomic mass is 9.87. The van der Waals surface area contributed by atoms with Gasteiger partial charge in [0.15, 0.2) is 11.5 Å². The Hall–Kier alpha value is -3.18. The van der Waals surface area contributed by atoms with E-state index < -0.39 is 0 Å². The number of rotatable bonds is 7. The van der Waals surface area contributed by atoms with Crippen molar-refractivity contribution in [1.82, 2.24) is 4.90 Å². The molecule has 0 fully saturated rings. The van der Waals surface area contributed by atoms with Crippen LogP contribution in [0.2, 0.25) is 5.02 Å². The number of carbonyl (C=O) groups excluding carboxylic acids is 1. The number of methoxy groups -OCH3 is 3. The van der Waals surface area contributed by atoms with E-state index in [1.807, 2.05) is 53.4 Å². The number of aryl methyl sites for hydroxylation is 1. The molecule has 5 nitrogen and oxygen atoms in total. The molecule has 33 heavy (non-hydrogen) atoms. The van der Waals surface area contributed by atoms with Crippen molar-refractivity contribution >= 4 is 17.5 Å². The molecule has 3 aromatic carbocycles. The topological polar surface area (TPSA) is 48.0 Å². The highest BCUT2D eigenvalue weighted by Crippen LogP contribution is 2.41. The minimum Gasteiger partial charge on any atom is -0.495 e. The second kappa shape index (κ2) is 10.2. The average molecular weight is 466 g/mol. The van der Waals surface area contributed by atoms with Crippen LogP contribution in [-0.2, 0) is 17.6 Å². The molecule has 3 aromatic rings. The molecule has 1 heterocycles. The van der Waals surface area contributed by atoms with Crippen LogP contribution < -0.4 is 14.2 Å². The van der Waals surface area contributed by atoms with Gasteiger partial charge in [0.25, 0.3) is 0 Å². The highest BCUT2D eigenvalue weighted by atomic mass is 35.5. The maximum Gasteiger partial charge on any atom is 0.223 e. The fourth-order valence-corrected chi connectivity index (χ4v) is 4.75. The Morgan fingerprint density at radius 3 is 2.30 bits per heavy atom. The summed E-state index contributed by atoms with van der Waals surface area (Å²) in [6.07, 6.45) is 1.77. The lowest BCUT2D eigenvalue weighted by molar-refractivity contribution is -0.133. The monoisotopic (exact) mass is 465 g/mol. The molecule has 6 heteroatoms. The smallest absolute Gasteiger partial charge is 0.223 e. The third kappa shape index (κ3) is 4.79. The van der Waals surface area contributed by atoms with Gasteiger partial charge in [-0.2, -0.15) is 0 Å². The number of hydrogen-bond acceptors (Lipinski definition) is 4. The molecule has 1 unspecified atom stereocenters. The highest BCUT2D eigenvalue weighted by molar-refractivity contribution is 6.32. The average Bonchev–Trinajstić information content (AvgIpc) is 2.86. The third-order valence-electron chi connectivity index (χ3n) is 6.15. The minimum atomic E-state index is -0.179. The summed E-state index contributed by atoms with van der Waals surface area (Å²) >= 11 is 6.26. The molecule has 0 aliphatic carbocycles. The molecule has 0 aromatic heterocycles. The standard InChI is InChI=1S/C27H28ClNO4/c1-31-23-11-9-18(15-22(23)28)10-12-26(30)29-14-13-20-16-24(32-2)25(33-3)17-21(20)27(29)19-7-5-4-6-8-19/h4-9,11,15-17,27H,10,12-14H2,1-3H3. The van der Waals surface area contributed by atoms with Crippen LogP contribution in [0.1, 0.15) is 34.7 Å². The van der Waals surface area contributed by atoms with Crippen LogP contribution in [0.25, 0.3) is 0 Å². The van der Waals surface area contributed by atoms with Gasteiger partial charge in [0.1, 0.15) is 5.75 Å². The van der Waals surface area contributed by atoms with E-state index in [1.165, 1.54) is 5.56 Å². The predicted octanol–water partition coefficient (Wildman–Crippen LogP) is 5.47. The Labute approximate surface area is 199 Å². The molecule has 0 radical (unpaired) electrons. The summed E-state index contributed by atoms with van der Waals surface area (Å²) in [5, 5.41) is 0.553. The van der Waals surface area contributed by atoms with E-state index in [2.05, 4.69) is 12.1 Å². The molecule has 0 saturated heterocycles. The Bertz CT molecular complexity index is 1130. The molecule has 1 aliphatic heterocycles. The fourth-order valence-electron chi connectivity index (χ4n) is 4.47. The molecular formula is C27H28ClNO4. The van der Waals surface area contributed by atoms with Crippen molar-refractivity contribution < 1.29 is 19.0 Å². The van der Waals surface area contributed by atoms with E-state index >= 15 is 0 Å². The van der Waals surface area contributed by atoms with Crippen molar-refractivity contribution in [2.24, 2.45) is 0 Å². The quantitative estimate of drug-likeness (QED) is 0.464. The van der Waals surface area contributed by atoms with Gasteiger partial charge in [-0.25, -0.2) is 0 Å². The van der Waals surface area contributed by atoms with E-state index in [9.17, 15) is 4.79 Å². The van der Waals surface area contributed by atoms with E-state index in [0.717, 1.165) is 23.1 Å². The van der Waals surface area contributed by atoms with E-state index in [-0.39, 0.29) is 11.9 Å². The van der Waals surface area contributed by atoms with Crippen molar-refractivity contribution in [3.63, 3.8) is 0 Å². The van der Waals surface area contributed by atoms with Crippen LogP contribution >= 0.6 is 11.6 Å². The summed E-state index contributed by atoms with van der Waals surface area (Å²) in [7, 11) is 4.86. The number of hydrogen-bond donors (Lipinski definition) is 0. The lowest BCUT2D eigenvalue weighted by Crippen LogP contribution is -2.40. The molecule has 1 amide bonds. The molecule has 0 spiro atoms. The number of amides is 1. The first kappa shape index (κ1) is 23.0. The fraction of sp³-hybridized carbons (Fsp3) is 0.296. The van der Waals surface area contributed by atoms with Crippen LogP contribution in [0, 0.1) is 0 Å². The zero-order chi connectivity index (χ0) is 23.4. The lowest BCUT2D eigenvalue weighted by Gasteiger charge is -2.38. The number of ether oxygens (including phenoxy) is 3. The Morgan fingerprint density at radius 1 is 0.939 bits per heavy atom. The first-order valence-electron chi connectivity index (χ1n) is 11.0. The van der Waals surface area contributed by atoms with Crippen molar-refractivity contribution in [3.05, 3.63) is 87.9 Å². The van der Waals surface area contributed by atoms with Gasteiger partial charge in [-0.1, -0.05) is 48.0 Å². The Kier molecular flexibility index (Phi) is 7.09. The third-order valence-corrected chi connectivity index (χ3v) is 6.45. The predicted molar refractivity (Wildman–Crippen MR) is 130 cm³/mol.